The van der Waals surface area contributed by atoms with E-state index >= 15 is 0 Å². The van der Waals surface area contributed by atoms with E-state index in [2.05, 4.69) is 4.90 Å². The predicted octanol–water partition coefficient (Wildman–Crippen LogP) is 2.60. The first-order valence-corrected chi connectivity index (χ1v) is 7.90. The zero-order chi connectivity index (χ0) is 15.0. The van der Waals surface area contributed by atoms with Gasteiger partial charge in [-0.25, -0.2) is 0 Å². The predicted molar refractivity (Wildman–Crippen MR) is 86.5 cm³/mol. The molecule has 114 valence electrons. The van der Waals surface area contributed by atoms with E-state index in [-0.39, 0.29) is 5.91 Å². The Hall–Kier alpha value is -1.71. The number of nitrogen functional groups attached to an aromatic ring is 1. The van der Waals surface area contributed by atoms with Gasteiger partial charge in [0.05, 0.1) is 11.4 Å². The average molecular weight is 287 g/mol. The summed E-state index contributed by atoms with van der Waals surface area (Å²) in [4.78, 5) is 16.0. The Bertz CT molecular complexity index is 519. The smallest absolute Gasteiger partial charge is 0.253 e. The third kappa shape index (κ3) is 3.49. The van der Waals surface area contributed by atoms with Crippen molar-refractivity contribution >= 4 is 17.3 Å². The zero-order valence-corrected chi connectivity index (χ0v) is 13.0. The Morgan fingerprint density at radius 3 is 2.14 bits per heavy atom. The molecule has 1 amide bonds. The average Bonchev–Trinajstić information content (AvgIpc) is 3.32. The van der Waals surface area contributed by atoms with Gasteiger partial charge in [0.2, 0.25) is 0 Å². The molecule has 0 saturated heterocycles. The van der Waals surface area contributed by atoms with Crippen molar-refractivity contribution in [3.8, 4) is 0 Å². The van der Waals surface area contributed by atoms with Crippen LogP contribution in [0, 0.1) is 11.8 Å². The highest BCUT2D eigenvalue weighted by molar-refractivity contribution is 5.95. The van der Waals surface area contributed by atoms with Crippen LogP contribution >= 0.6 is 0 Å². The molecule has 0 atom stereocenters. The van der Waals surface area contributed by atoms with Crippen LogP contribution in [0.2, 0.25) is 0 Å². The summed E-state index contributed by atoms with van der Waals surface area (Å²) in [6, 6.07) is 5.75. The van der Waals surface area contributed by atoms with E-state index in [0.717, 1.165) is 36.3 Å². The van der Waals surface area contributed by atoms with Gasteiger partial charge in [-0.1, -0.05) is 0 Å². The minimum atomic E-state index is 0.00388. The quantitative estimate of drug-likeness (QED) is 0.818. The van der Waals surface area contributed by atoms with Crippen molar-refractivity contribution in [1.82, 2.24) is 4.90 Å². The minimum absolute atomic E-state index is 0.00388. The van der Waals surface area contributed by atoms with Gasteiger partial charge in [0.1, 0.15) is 0 Å². The fourth-order valence-electron chi connectivity index (χ4n) is 2.73. The van der Waals surface area contributed by atoms with Gasteiger partial charge >= 0.3 is 0 Å². The van der Waals surface area contributed by atoms with Crippen molar-refractivity contribution in [1.29, 1.82) is 0 Å². The van der Waals surface area contributed by atoms with Gasteiger partial charge in [0.15, 0.2) is 0 Å². The molecule has 1 aromatic carbocycles. The molecule has 0 heterocycles. The molecular weight excluding hydrogens is 262 g/mol. The number of hydrogen-bond acceptors (Lipinski definition) is 3. The van der Waals surface area contributed by atoms with Gasteiger partial charge in [0.25, 0.3) is 5.91 Å². The highest BCUT2D eigenvalue weighted by atomic mass is 16.2. The molecule has 0 unspecified atom stereocenters. The van der Waals surface area contributed by atoms with Crippen molar-refractivity contribution in [3.63, 3.8) is 0 Å². The maximum Gasteiger partial charge on any atom is 0.253 e. The third-order valence-corrected chi connectivity index (χ3v) is 4.37. The molecule has 21 heavy (non-hydrogen) atoms. The number of carbonyl (C=O) groups excluding carboxylic acids is 1. The zero-order valence-electron chi connectivity index (χ0n) is 13.0. The van der Waals surface area contributed by atoms with E-state index in [4.69, 9.17) is 5.73 Å². The van der Waals surface area contributed by atoms with Gasteiger partial charge in [0, 0.05) is 32.7 Å². The monoisotopic (exact) mass is 287 g/mol. The third-order valence-electron chi connectivity index (χ3n) is 4.37. The van der Waals surface area contributed by atoms with Crippen LogP contribution < -0.4 is 10.6 Å². The molecule has 2 aliphatic rings. The summed E-state index contributed by atoms with van der Waals surface area (Å²) in [6.45, 7) is 2.23. The SMILES string of the molecule is CN(C)C(=O)c1ccc(N(CC2CC2)CC2CC2)c(N)c1. The van der Waals surface area contributed by atoms with Crippen molar-refractivity contribution in [2.45, 2.75) is 25.7 Å². The highest BCUT2D eigenvalue weighted by Crippen LogP contribution is 2.37. The summed E-state index contributed by atoms with van der Waals surface area (Å²) in [5.41, 5.74) is 8.73. The molecule has 4 nitrogen and oxygen atoms in total. The van der Waals surface area contributed by atoms with Crippen molar-refractivity contribution in [2.75, 3.05) is 37.8 Å². The van der Waals surface area contributed by atoms with Gasteiger partial charge in [-0.3, -0.25) is 4.79 Å². The van der Waals surface area contributed by atoms with Crippen LogP contribution in [0.1, 0.15) is 36.0 Å². The Balaban J connectivity index is 1.79. The van der Waals surface area contributed by atoms with Crippen molar-refractivity contribution < 1.29 is 4.79 Å². The first-order valence-electron chi connectivity index (χ1n) is 7.90. The number of rotatable bonds is 6. The van der Waals surface area contributed by atoms with E-state index in [9.17, 15) is 4.79 Å². The second kappa shape index (κ2) is 5.58. The normalized spacial score (nSPS) is 17.6. The first kappa shape index (κ1) is 14.2. The van der Waals surface area contributed by atoms with E-state index in [1.807, 2.05) is 18.2 Å². The van der Waals surface area contributed by atoms with Crippen LogP contribution in [-0.4, -0.2) is 38.0 Å². The summed E-state index contributed by atoms with van der Waals surface area (Å²) in [6.07, 6.45) is 5.38. The number of amides is 1. The molecule has 0 spiro atoms. The lowest BCUT2D eigenvalue weighted by Gasteiger charge is -2.26. The van der Waals surface area contributed by atoms with Crippen LogP contribution in [0.5, 0.6) is 0 Å². The number of nitrogens with zero attached hydrogens (tertiary/aromatic N) is 2. The lowest BCUT2D eigenvalue weighted by atomic mass is 10.1. The topological polar surface area (TPSA) is 49.6 Å². The van der Waals surface area contributed by atoms with Gasteiger partial charge < -0.3 is 15.5 Å². The summed E-state index contributed by atoms with van der Waals surface area (Å²) >= 11 is 0. The second-order valence-corrected chi connectivity index (χ2v) is 6.76. The summed E-state index contributed by atoms with van der Waals surface area (Å²) in [5, 5.41) is 0. The van der Waals surface area contributed by atoms with Crippen molar-refractivity contribution in [3.05, 3.63) is 23.8 Å². The Kier molecular flexibility index (Phi) is 3.79. The number of carbonyl (C=O) groups is 1. The molecule has 0 bridgehead atoms. The first-order chi connectivity index (χ1) is 10.0. The number of nitrogens with two attached hydrogens (primary N) is 1. The molecule has 2 aliphatic carbocycles. The summed E-state index contributed by atoms with van der Waals surface area (Å²) in [5.74, 6) is 1.68. The summed E-state index contributed by atoms with van der Waals surface area (Å²) < 4.78 is 0. The van der Waals surface area contributed by atoms with Gasteiger partial charge in [-0.15, -0.1) is 0 Å². The molecule has 1 aromatic rings. The van der Waals surface area contributed by atoms with Gasteiger partial charge in [-0.2, -0.15) is 0 Å². The van der Waals surface area contributed by atoms with Crippen LogP contribution in [0.3, 0.4) is 0 Å². The standard InChI is InChI=1S/C17H25N3O/c1-19(2)17(21)14-7-8-16(15(18)9-14)20(10-12-3-4-12)11-13-5-6-13/h7-9,12-13H,3-6,10-11,18H2,1-2H3. The number of anilines is 2. The summed E-state index contributed by atoms with van der Waals surface area (Å²) in [7, 11) is 3.53. The fourth-order valence-corrected chi connectivity index (χ4v) is 2.73. The molecular formula is C17H25N3O. The van der Waals surface area contributed by atoms with E-state index in [0.29, 0.717) is 5.56 Å². The molecule has 4 heteroatoms. The number of benzene rings is 1. The maximum atomic E-state index is 12.0. The molecule has 0 aromatic heterocycles. The van der Waals surface area contributed by atoms with Crippen LogP contribution in [0.15, 0.2) is 18.2 Å². The minimum Gasteiger partial charge on any atom is -0.397 e. The molecule has 0 aliphatic heterocycles. The van der Waals surface area contributed by atoms with E-state index in [1.54, 1.807) is 19.0 Å². The molecule has 2 fully saturated rings. The van der Waals surface area contributed by atoms with Crippen molar-refractivity contribution in [2.24, 2.45) is 11.8 Å². The Morgan fingerprint density at radius 2 is 1.71 bits per heavy atom. The molecule has 2 saturated carbocycles. The molecule has 2 N–H and O–H groups in total. The second-order valence-electron chi connectivity index (χ2n) is 6.76. The molecule has 3 rings (SSSR count). The Morgan fingerprint density at radius 1 is 1.14 bits per heavy atom. The van der Waals surface area contributed by atoms with Crippen LogP contribution in [-0.2, 0) is 0 Å². The lowest BCUT2D eigenvalue weighted by molar-refractivity contribution is 0.0827. The van der Waals surface area contributed by atoms with Gasteiger partial charge in [-0.05, 0) is 55.7 Å². The Labute approximate surface area is 126 Å². The number of hydrogen-bond donors (Lipinski definition) is 1. The lowest BCUT2D eigenvalue weighted by Crippen LogP contribution is -2.29. The molecule has 0 radical (unpaired) electrons. The van der Waals surface area contributed by atoms with Crippen LogP contribution in [0.25, 0.3) is 0 Å². The van der Waals surface area contributed by atoms with E-state index in [1.165, 1.54) is 25.7 Å². The maximum absolute atomic E-state index is 12.0. The van der Waals surface area contributed by atoms with Crippen LogP contribution in [0.4, 0.5) is 11.4 Å². The largest absolute Gasteiger partial charge is 0.397 e. The van der Waals surface area contributed by atoms with E-state index < -0.39 is 0 Å². The highest BCUT2D eigenvalue weighted by Gasteiger charge is 2.30. The fraction of sp³-hybridized carbons (Fsp3) is 0.588.